The molecule has 1 aromatic carbocycles. The van der Waals surface area contributed by atoms with Gasteiger partial charge in [0.25, 0.3) is 0 Å². The predicted molar refractivity (Wildman–Crippen MR) is 95.3 cm³/mol. The zero-order valence-electron chi connectivity index (χ0n) is 15.5. The van der Waals surface area contributed by atoms with Crippen LogP contribution < -0.4 is 0 Å². The molecule has 8 heteroatoms. The largest absolute Gasteiger partial charge is 0.465 e. The van der Waals surface area contributed by atoms with Gasteiger partial charge in [0.1, 0.15) is 18.0 Å². The number of fused-ring (bicyclic) bond motifs is 1. The number of hydrogen-bond acceptors (Lipinski definition) is 3. The first kappa shape index (κ1) is 19.1. The molecule has 3 rings (SSSR count). The van der Waals surface area contributed by atoms with Gasteiger partial charge in [-0.25, -0.2) is 9.18 Å². The monoisotopic (exact) mass is 377 g/mol. The number of halogens is 1. The third kappa shape index (κ3) is 3.74. The Kier molecular flexibility index (Phi) is 5.34. The summed E-state index contributed by atoms with van der Waals surface area (Å²) in [6.07, 6.45) is -1.23. The first-order valence-electron chi connectivity index (χ1n) is 9.13. The van der Waals surface area contributed by atoms with Crippen molar-refractivity contribution in [2.45, 2.75) is 38.9 Å². The fourth-order valence-corrected chi connectivity index (χ4v) is 3.92. The lowest BCUT2D eigenvalue weighted by atomic mass is 9.94. The van der Waals surface area contributed by atoms with Gasteiger partial charge in [0.05, 0.1) is 6.54 Å². The van der Waals surface area contributed by atoms with Gasteiger partial charge in [-0.3, -0.25) is 14.5 Å². The summed E-state index contributed by atoms with van der Waals surface area (Å²) in [6.45, 7) is 4.31. The van der Waals surface area contributed by atoms with Crippen LogP contribution in [0.2, 0.25) is 0 Å². The zero-order chi connectivity index (χ0) is 19.7. The third-order valence-corrected chi connectivity index (χ3v) is 5.22. The molecule has 7 nitrogen and oxygen atoms in total. The van der Waals surface area contributed by atoms with Crippen molar-refractivity contribution in [3.05, 3.63) is 35.6 Å². The summed E-state index contributed by atoms with van der Waals surface area (Å²) in [5.74, 6) is -0.846. The first-order valence-corrected chi connectivity index (χ1v) is 9.13. The Morgan fingerprint density at radius 2 is 2.07 bits per heavy atom. The minimum absolute atomic E-state index is 0.0859. The van der Waals surface area contributed by atoms with Gasteiger partial charge in [0.15, 0.2) is 0 Å². The van der Waals surface area contributed by atoms with E-state index < -0.39 is 18.3 Å². The van der Waals surface area contributed by atoms with E-state index in [4.69, 9.17) is 0 Å². The highest BCUT2D eigenvalue weighted by molar-refractivity contribution is 5.90. The average Bonchev–Trinajstić information content (AvgIpc) is 2.60. The highest BCUT2D eigenvalue weighted by Gasteiger charge is 2.49. The molecule has 1 aromatic rings. The Morgan fingerprint density at radius 3 is 2.70 bits per heavy atom. The SMILES string of the molecule is CC(C)[C@H]1C(=O)N(CCc2cccc(F)c2)C[C@@H]2N(C(=O)O)CCC(=O)N12. The zero-order valence-corrected chi connectivity index (χ0v) is 15.5. The molecule has 2 saturated heterocycles. The van der Waals surface area contributed by atoms with Crippen LogP contribution in [0.4, 0.5) is 9.18 Å². The van der Waals surface area contributed by atoms with E-state index in [0.717, 1.165) is 5.56 Å². The van der Waals surface area contributed by atoms with Crippen LogP contribution in [0, 0.1) is 11.7 Å². The molecule has 0 radical (unpaired) electrons. The molecule has 2 aliphatic rings. The van der Waals surface area contributed by atoms with Crippen molar-refractivity contribution < 1.29 is 23.9 Å². The van der Waals surface area contributed by atoms with E-state index in [-0.39, 0.29) is 43.1 Å². The molecule has 0 aliphatic carbocycles. The smallest absolute Gasteiger partial charge is 0.409 e. The highest BCUT2D eigenvalue weighted by Crippen LogP contribution is 2.29. The van der Waals surface area contributed by atoms with Gasteiger partial charge in [0.2, 0.25) is 11.8 Å². The van der Waals surface area contributed by atoms with Crippen molar-refractivity contribution in [1.29, 1.82) is 0 Å². The van der Waals surface area contributed by atoms with Gasteiger partial charge in [0, 0.05) is 19.5 Å². The number of piperazine rings is 1. The molecule has 0 spiro atoms. The molecule has 2 aliphatic heterocycles. The number of nitrogens with zero attached hydrogens (tertiary/aromatic N) is 3. The van der Waals surface area contributed by atoms with Crippen LogP contribution in [-0.2, 0) is 16.0 Å². The second-order valence-electron chi connectivity index (χ2n) is 7.36. The molecule has 146 valence electrons. The van der Waals surface area contributed by atoms with Crippen LogP contribution in [-0.4, -0.2) is 69.6 Å². The second-order valence-corrected chi connectivity index (χ2v) is 7.36. The maximum atomic E-state index is 13.4. The van der Waals surface area contributed by atoms with Crippen LogP contribution in [0.5, 0.6) is 0 Å². The molecule has 0 saturated carbocycles. The Labute approximate surface area is 157 Å². The van der Waals surface area contributed by atoms with E-state index in [1.54, 1.807) is 17.0 Å². The number of rotatable bonds is 4. The number of carbonyl (C=O) groups excluding carboxylic acids is 2. The van der Waals surface area contributed by atoms with Gasteiger partial charge in [-0.05, 0) is 30.0 Å². The van der Waals surface area contributed by atoms with Gasteiger partial charge in [-0.15, -0.1) is 0 Å². The topological polar surface area (TPSA) is 81.2 Å². The van der Waals surface area contributed by atoms with Crippen molar-refractivity contribution in [3.8, 4) is 0 Å². The summed E-state index contributed by atoms with van der Waals surface area (Å²) in [5.41, 5.74) is 0.765. The maximum absolute atomic E-state index is 13.4. The normalized spacial score (nSPS) is 23.0. The fourth-order valence-electron chi connectivity index (χ4n) is 3.92. The van der Waals surface area contributed by atoms with Gasteiger partial charge in [-0.1, -0.05) is 26.0 Å². The summed E-state index contributed by atoms with van der Waals surface area (Å²) in [4.78, 5) is 41.4. The lowest BCUT2D eigenvalue weighted by molar-refractivity contribution is -0.170. The maximum Gasteiger partial charge on any atom is 0.409 e. The quantitative estimate of drug-likeness (QED) is 0.867. The van der Waals surface area contributed by atoms with E-state index in [9.17, 15) is 23.9 Å². The minimum Gasteiger partial charge on any atom is -0.465 e. The van der Waals surface area contributed by atoms with Crippen molar-refractivity contribution >= 4 is 17.9 Å². The van der Waals surface area contributed by atoms with Crippen molar-refractivity contribution in [1.82, 2.24) is 14.7 Å². The molecular weight excluding hydrogens is 353 g/mol. The molecule has 0 aromatic heterocycles. The summed E-state index contributed by atoms with van der Waals surface area (Å²) < 4.78 is 13.4. The number of carboxylic acid groups (broad SMARTS) is 1. The molecule has 2 fully saturated rings. The molecule has 2 atom stereocenters. The van der Waals surface area contributed by atoms with Crippen molar-refractivity contribution in [3.63, 3.8) is 0 Å². The second kappa shape index (κ2) is 7.54. The van der Waals surface area contributed by atoms with Crippen LogP contribution >= 0.6 is 0 Å². The molecule has 1 N–H and O–H groups in total. The molecule has 27 heavy (non-hydrogen) atoms. The van der Waals surface area contributed by atoms with E-state index >= 15 is 0 Å². The predicted octanol–water partition coefficient (Wildman–Crippen LogP) is 1.77. The number of amides is 3. The summed E-state index contributed by atoms with van der Waals surface area (Å²) in [6, 6.07) is 5.51. The van der Waals surface area contributed by atoms with E-state index in [1.165, 1.54) is 21.9 Å². The fraction of sp³-hybridized carbons (Fsp3) is 0.526. The molecule has 2 heterocycles. The Hall–Kier alpha value is -2.64. The van der Waals surface area contributed by atoms with Crippen molar-refractivity contribution in [2.24, 2.45) is 5.92 Å². The molecule has 3 amide bonds. The van der Waals surface area contributed by atoms with Crippen LogP contribution in [0.3, 0.4) is 0 Å². The first-order chi connectivity index (χ1) is 12.8. The standard InChI is InChI=1S/C19H24FN3O4/c1-12(2)17-18(25)21(8-6-13-4-3-5-14(20)10-13)11-15-22(19(26)27)9-7-16(24)23(15)17/h3-5,10,12,15,17H,6-9,11H2,1-2H3,(H,26,27)/t15-,17+/m1/s1. The lowest BCUT2D eigenvalue weighted by Gasteiger charge is -2.52. The van der Waals surface area contributed by atoms with Gasteiger partial charge >= 0.3 is 6.09 Å². The average molecular weight is 377 g/mol. The molecule has 0 bridgehead atoms. The lowest BCUT2D eigenvalue weighted by Crippen LogP contribution is -2.72. The van der Waals surface area contributed by atoms with E-state index in [2.05, 4.69) is 0 Å². The minimum atomic E-state index is -1.10. The molecular formula is C19H24FN3O4. The van der Waals surface area contributed by atoms with Crippen LogP contribution in [0.1, 0.15) is 25.8 Å². The number of carbonyl (C=O) groups is 3. The molecule has 0 unspecified atom stereocenters. The summed E-state index contributed by atoms with van der Waals surface area (Å²) in [7, 11) is 0. The summed E-state index contributed by atoms with van der Waals surface area (Å²) in [5, 5.41) is 9.52. The van der Waals surface area contributed by atoms with Crippen LogP contribution in [0.15, 0.2) is 24.3 Å². The summed E-state index contributed by atoms with van der Waals surface area (Å²) >= 11 is 0. The highest BCUT2D eigenvalue weighted by atomic mass is 19.1. The van der Waals surface area contributed by atoms with Crippen molar-refractivity contribution in [2.75, 3.05) is 19.6 Å². The van der Waals surface area contributed by atoms with E-state index in [0.29, 0.717) is 13.0 Å². The van der Waals surface area contributed by atoms with Gasteiger partial charge < -0.3 is 14.9 Å². The Morgan fingerprint density at radius 1 is 1.33 bits per heavy atom. The number of hydrogen-bond donors (Lipinski definition) is 1. The van der Waals surface area contributed by atoms with E-state index in [1.807, 2.05) is 13.8 Å². The Balaban J connectivity index is 1.84. The van der Waals surface area contributed by atoms with Crippen LogP contribution in [0.25, 0.3) is 0 Å². The van der Waals surface area contributed by atoms with Gasteiger partial charge in [-0.2, -0.15) is 0 Å². The Bertz CT molecular complexity index is 754. The number of benzene rings is 1. The third-order valence-electron chi connectivity index (χ3n) is 5.22.